The van der Waals surface area contributed by atoms with Crippen molar-refractivity contribution < 1.29 is 4.74 Å². The summed E-state index contributed by atoms with van der Waals surface area (Å²) in [6, 6.07) is 0. The summed E-state index contributed by atoms with van der Waals surface area (Å²) in [5.41, 5.74) is 2.26. The van der Waals surface area contributed by atoms with Gasteiger partial charge in [-0.1, -0.05) is 63.1 Å². The molecule has 0 saturated heterocycles. The summed E-state index contributed by atoms with van der Waals surface area (Å²) in [6.07, 6.45) is 8.29. The second-order valence-electron chi connectivity index (χ2n) is 7.52. The van der Waals surface area contributed by atoms with Crippen LogP contribution in [-0.4, -0.2) is 12.2 Å². The van der Waals surface area contributed by atoms with Crippen LogP contribution in [0.15, 0.2) is 48.6 Å². The Kier molecular flexibility index (Phi) is 7.39. The van der Waals surface area contributed by atoms with Gasteiger partial charge in [0, 0.05) is 10.8 Å². The van der Waals surface area contributed by atoms with Crippen LogP contribution < -0.4 is 0 Å². The zero-order chi connectivity index (χ0) is 16.8. The molecule has 21 heavy (non-hydrogen) atoms. The SMILES string of the molecule is C=CC(C)(C)C(C=C(C)C)OC(C=C(C)C)C(C)(C)C=C. The van der Waals surface area contributed by atoms with E-state index < -0.39 is 0 Å². The number of allylic oxidation sites excluding steroid dienone is 2. The molecule has 0 bridgehead atoms. The van der Waals surface area contributed by atoms with Gasteiger partial charge in [-0.05, 0) is 27.7 Å². The van der Waals surface area contributed by atoms with E-state index in [-0.39, 0.29) is 23.0 Å². The van der Waals surface area contributed by atoms with E-state index in [0.29, 0.717) is 0 Å². The monoisotopic (exact) mass is 290 g/mol. The largest absolute Gasteiger partial charge is 0.365 e. The molecular weight excluding hydrogens is 256 g/mol. The van der Waals surface area contributed by atoms with E-state index in [1.165, 1.54) is 11.1 Å². The molecule has 0 saturated carbocycles. The lowest BCUT2D eigenvalue weighted by molar-refractivity contribution is -0.0452. The Labute approximate surface area is 132 Å². The molecule has 0 spiro atoms. The van der Waals surface area contributed by atoms with E-state index in [2.05, 4.69) is 80.7 Å². The van der Waals surface area contributed by atoms with Gasteiger partial charge in [0.05, 0.1) is 12.2 Å². The summed E-state index contributed by atoms with van der Waals surface area (Å²) in [6.45, 7) is 25.0. The number of hydrogen-bond acceptors (Lipinski definition) is 1. The fourth-order valence-electron chi connectivity index (χ4n) is 1.85. The third kappa shape index (κ3) is 6.48. The summed E-state index contributed by atoms with van der Waals surface area (Å²) in [4.78, 5) is 0. The summed E-state index contributed by atoms with van der Waals surface area (Å²) in [7, 11) is 0. The van der Waals surface area contributed by atoms with E-state index in [4.69, 9.17) is 4.74 Å². The van der Waals surface area contributed by atoms with E-state index in [1.54, 1.807) is 0 Å². The van der Waals surface area contributed by atoms with E-state index in [0.717, 1.165) is 0 Å². The highest BCUT2D eigenvalue weighted by Crippen LogP contribution is 2.33. The van der Waals surface area contributed by atoms with Gasteiger partial charge in [-0.15, -0.1) is 13.2 Å². The molecule has 2 atom stereocenters. The molecule has 0 aliphatic heterocycles. The number of hydrogen-bond donors (Lipinski definition) is 0. The minimum atomic E-state index is -0.123. The smallest absolute Gasteiger partial charge is 0.0851 e. The van der Waals surface area contributed by atoms with Crippen molar-refractivity contribution in [2.24, 2.45) is 10.8 Å². The van der Waals surface area contributed by atoms with Crippen LogP contribution in [0.5, 0.6) is 0 Å². The topological polar surface area (TPSA) is 9.23 Å². The highest BCUT2D eigenvalue weighted by Gasteiger charge is 2.33. The van der Waals surface area contributed by atoms with Crippen molar-refractivity contribution >= 4 is 0 Å². The average molecular weight is 290 g/mol. The Morgan fingerprint density at radius 3 is 1.24 bits per heavy atom. The lowest BCUT2D eigenvalue weighted by Crippen LogP contribution is -2.38. The highest BCUT2D eigenvalue weighted by molar-refractivity contribution is 5.13. The molecule has 1 heteroatoms. The van der Waals surface area contributed by atoms with E-state index in [1.807, 2.05) is 12.2 Å². The second kappa shape index (κ2) is 7.79. The summed E-state index contributed by atoms with van der Waals surface area (Å²) >= 11 is 0. The third-order valence-electron chi connectivity index (χ3n) is 3.78. The Bertz CT molecular complexity index is 373. The van der Waals surface area contributed by atoms with Crippen LogP contribution in [0.4, 0.5) is 0 Å². The van der Waals surface area contributed by atoms with Crippen LogP contribution >= 0.6 is 0 Å². The van der Waals surface area contributed by atoms with E-state index >= 15 is 0 Å². The summed E-state index contributed by atoms with van der Waals surface area (Å²) in [5.74, 6) is 0. The lowest BCUT2D eigenvalue weighted by Gasteiger charge is -2.37. The first kappa shape index (κ1) is 19.9. The maximum atomic E-state index is 6.49. The molecule has 0 heterocycles. The molecule has 0 aliphatic rings. The van der Waals surface area contributed by atoms with Crippen LogP contribution in [0, 0.1) is 10.8 Å². The van der Waals surface area contributed by atoms with Gasteiger partial charge in [0.25, 0.3) is 0 Å². The molecule has 0 aliphatic carbocycles. The minimum absolute atomic E-state index is 0.0141. The lowest BCUT2D eigenvalue weighted by atomic mass is 9.82. The van der Waals surface area contributed by atoms with Crippen molar-refractivity contribution in [3.05, 3.63) is 48.6 Å². The molecule has 0 aromatic heterocycles. The van der Waals surface area contributed by atoms with Gasteiger partial charge in [-0.2, -0.15) is 0 Å². The second-order valence-corrected chi connectivity index (χ2v) is 7.52. The fourth-order valence-corrected chi connectivity index (χ4v) is 1.85. The van der Waals surface area contributed by atoms with Crippen LogP contribution in [0.1, 0.15) is 55.4 Å². The Morgan fingerprint density at radius 1 is 0.762 bits per heavy atom. The zero-order valence-electron chi connectivity index (χ0n) is 15.3. The van der Waals surface area contributed by atoms with Crippen LogP contribution in [0.3, 0.4) is 0 Å². The molecule has 0 aromatic carbocycles. The van der Waals surface area contributed by atoms with Crippen molar-refractivity contribution in [3.63, 3.8) is 0 Å². The number of ether oxygens (including phenoxy) is 1. The molecule has 0 rings (SSSR count). The minimum Gasteiger partial charge on any atom is -0.365 e. The maximum Gasteiger partial charge on any atom is 0.0851 e. The summed E-state index contributed by atoms with van der Waals surface area (Å²) < 4.78 is 6.49. The first-order valence-electron chi connectivity index (χ1n) is 7.69. The van der Waals surface area contributed by atoms with Gasteiger partial charge in [-0.3, -0.25) is 0 Å². The molecule has 120 valence electrons. The van der Waals surface area contributed by atoms with Crippen molar-refractivity contribution in [1.29, 1.82) is 0 Å². The third-order valence-corrected chi connectivity index (χ3v) is 3.78. The fraction of sp³-hybridized carbons (Fsp3) is 0.600. The first-order valence-corrected chi connectivity index (χ1v) is 7.69. The van der Waals surface area contributed by atoms with Crippen LogP contribution in [0.25, 0.3) is 0 Å². The van der Waals surface area contributed by atoms with Gasteiger partial charge in [0.2, 0.25) is 0 Å². The average Bonchev–Trinajstić information content (AvgIpc) is 2.35. The zero-order valence-corrected chi connectivity index (χ0v) is 15.3. The molecule has 0 radical (unpaired) electrons. The van der Waals surface area contributed by atoms with Crippen molar-refractivity contribution in [1.82, 2.24) is 0 Å². The van der Waals surface area contributed by atoms with Gasteiger partial charge in [-0.25, -0.2) is 0 Å². The van der Waals surface area contributed by atoms with Crippen molar-refractivity contribution in [3.8, 4) is 0 Å². The highest BCUT2D eigenvalue weighted by atomic mass is 16.5. The maximum absolute atomic E-state index is 6.49. The van der Waals surface area contributed by atoms with Gasteiger partial charge < -0.3 is 4.74 Å². The van der Waals surface area contributed by atoms with Crippen molar-refractivity contribution in [2.45, 2.75) is 67.6 Å². The van der Waals surface area contributed by atoms with Gasteiger partial charge in [0.15, 0.2) is 0 Å². The summed E-state index contributed by atoms with van der Waals surface area (Å²) in [5, 5.41) is 0. The Morgan fingerprint density at radius 2 is 1.05 bits per heavy atom. The standard InChI is InChI=1S/C20H34O/c1-11-19(7,8)17(13-15(3)4)21-18(14-16(5)6)20(9,10)12-2/h11-14,17-18H,1-2H2,3-10H3. The predicted molar refractivity (Wildman–Crippen MR) is 95.5 cm³/mol. The van der Waals surface area contributed by atoms with Crippen molar-refractivity contribution in [2.75, 3.05) is 0 Å². The number of rotatable bonds is 8. The molecule has 1 nitrogen and oxygen atoms in total. The normalized spacial score (nSPS) is 14.9. The molecular formula is C20H34O. The molecule has 2 unspecified atom stereocenters. The molecule has 0 fully saturated rings. The Balaban J connectivity index is 5.62. The van der Waals surface area contributed by atoms with E-state index in [9.17, 15) is 0 Å². The Hall–Kier alpha value is -1.08. The first-order chi connectivity index (χ1) is 9.46. The van der Waals surface area contributed by atoms with Crippen LogP contribution in [0.2, 0.25) is 0 Å². The molecule has 0 amide bonds. The van der Waals surface area contributed by atoms with Gasteiger partial charge in [0.1, 0.15) is 0 Å². The molecule has 0 N–H and O–H groups in total. The molecule has 0 aromatic rings. The van der Waals surface area contributed by atoms with Gasteiger partial charge >= 0.3 is 0 Å². The quantitative estimate of drug-likeness (QED) is 0.491. The predicted octanol–water partition coefficient (Wildman–Crippen LogP) is 6.10. The van der Waals surface area contributed by atoms with Crippen LogP contribution in [-0.2, 0) is 4.74 Å².